The second-order valence-electron chi connectivity index (χ2n) is 8.23. The minimum atomic E-state index is -3.54. The molecule has 0 saturated heterocycles. The normalized spacial score (nSPS) is 17.2. The summed E-state index contributed by atoms with van der Waals surface area (Å²) in [5.74, 6) is 0. The fraction of sp³-hybridized carbons (Fsp3) is 0.933. The molecular weight excluding hydrogens is 1280 g/mol. The van der Waals surface area contributed by atoms with Crippen LogP contribution in [0, 0.1) is 4.84 Å². The van der Waals surface area contributed by atoms with Crippen LogP contribution in [-0.4, -0.2) is 60.1 Å². The topological polar surface area (TPSA) is 0 Å². The maximum atomic E-state index is 6.48. The molecule has 0 spiro atoms. The monoisotopic (exact) mass is 1260 g/mol. The zero-order chi connectivity index (χ0) is 38.6. The van der Waals surface area contributed by atoms with E-state index in [9.17, 15) is 0 Å². The van der Waals surface area contributed by atoms with E-state index in [2.05, 4.69) is 0 Å². The minimum Gasteiger partial charge on any atom is -0.0946 e. The van der Waals surface area contributed by atoms with E-state index in [4.69, 9.17) is 360 Å². The first-order valence-corrected chi connectivity index (χ1v) is 21.1. The molecule has 0 unspecified atom stereocenters. The third-order valence-corrected chi connectivity index (χ3v) is 26.9. The van der Waals surface area contributed by atoms with E-state index in [1.54, 1.807) is 0 Å². The van der Waals surface area contributed by atoms with Crippen LogP contribution < -0.4 is 0 Å². The van der Waals surface area contributed by atoms with Gasteiger partial charge in [0.25, 0.3) is 0 Å². The first-order chi connectivity index (χ1) is 19.2. The molecule has 0 aromatic heterocycles. The van der Waals surface area contributed by atoms with Crippen LogP contribution >= 0.6 is 360 Å². The predicted octanol–water partition coefficient (Wildman–Crippen LogP) is 18.6. The fourth-order valence-corrected chi connectivity index (χ4v) is 12.5. The SMILES string of the molecule is Cl[C](Cl)C(Cl)(Cl)C(Cl)(Cl)C(Cl)(Cl)C(Cl)(Cl)C(Cl)(Cl)C(Cl)(Cl)C(Cl)(Cl)C(Cl)(Cl)C(Cl)(Cl)C(Cl)(Cl)C(Cl)(Cl)C(Cl)(Cl)C(Cl)(Cl)C(Cl)(Cl)Cl. The van der Waals surface area contributed by atoms with Crippen molar-refractivity contribution in [2.24, 2.45) is 0 Å². The van der Waals surface area contributed by atoms with E-state index in [1.807, 2.05) is 0 Å². The Bertz CT molecular complexity index is 1100. The Kier molecular flexibility index (Phi) is 19.7. The van der Waals surface area contributed by atoms with E-state index >= 15 is 0 Å². The van der Waals surface area contributed by atoms with Crippen molar-refractivity contribution in [2.45, 2.75) is 60.1 Å². The van der Waals surface area contributed by atoms with Crippen LogP contribution in [-0.2, 0) is 0 Å². The summed E-state index contributed by atoms with van der Waals surface area (Å²) in [4.78, 5) is -0.958. The van der Waals surface area contributed by atoms with Gasteiger partial charge in [0.05, 0.1) is 0 Å². The summed E-state index contributed by atoms with van der Waals surface area (Å²) in [6, 6.07) is 0. The van der Waals surface area contributed by atoms with Crippen LogP contribution in [0.1, 0.15) is 0 Å². The first kappa shape index (κ1) is 55.0. The molecule has 0 rings (SSSR count). The molecule has 31 heteroatoms. The summed E-state index contributed by atoms with van der Waals surface area (Å²) in [6.07, 6.45) is 0. The Morgan fingerprint density at radius 1 is 0.196 bits per heavy atom. The molecule has 0 aliphatic heterocycles. The van der Waals surface area contributed by atoms with E-state index in [0.29, 0.717) is 0 Å². The number of halogens is 31. The average molecular weight is 1280 g/mol. The second kappa shape index (κ2) is 16.5. The molecule has 0 aliphatic carbocycles. The number of alkyl halides is 29. The maximum absolute atomic E-state index is 6.48. The first-order valence-electron chi connectivity index (χ1n) is 9.36. The van der Waals surface area contributed by atoms with Crippen molar-refractivity contribution in [3.8, 4) is 0 Å². The number of rotatable bonds is 13. The molecule has 0 nitrogen and oxygen atoms in total. The van der Waals surface area contributed by atoms with Gasteiger partial charge in [0, 0.05) is 0 Å². The highest BCUT2D eigenvalue weighted by atomic mass is 35.6. The van der Waals surface area contributed by atoms with Crippen molar-refractivity contribution in [3.63, 3.8) is 0 Å². The van der Waals surface area contributed by atoms with Gasteiger partial charge in [0.1, 0.15) is 0 Å². The lowest BCUT2D eigenvalue weighted by atomic mass is 9.97. The molecule has 46 heavy (non-hydrogen) atoms. The molecule has 277 valence electrons. The maximum Gasteiger partial charge on any atom is 0.226 e. The lowest BCUT2D eigenvalue weighted by molar-refractivity contribution is 0.405. The number of hydrogen-bond acceptors (Lipinski definition) is 0. The van der Waals surface area contributed by atoms with Crippen molar-refractivity contribution >= 4 is 360 Å². The third kappa shape index (κ3) is 8.22. The van der Waals surface area contributed by atoms with Crippen LogP contribution in [0.15, 0.2) is 0 Å². The second-order valence-corrected chi connectivity index (χ2v) is 28.7. The standard InChI is InChI=1S/C15Cl31/c16-1(17)2(18,19)3(20,21)4(22,23)5(24,25)6(26,27)7(28,29)8(30,31)9(32,33)10(34,35)11(36,37)12(38,39)13(40,41)14(42,43)15(44,45)46. The zero-order valence-electron chi connectivity index (χ0n) is 19.2. The highest BCUT2D eigenvalue weighted by molar-refractivity contribution is 6.85. The van der Waals surface area contributed by atoms with Crippen LogP contribution in [0.4, 0.5) is 0 Å². The lowest BCUT2D eigenvalue weighted by Crippen LogP contribution is -2.75. The van der Waals surface area contributed by atoms with Gasteiger partial charge in [-0.15, -0.1) is 0 Å². The summed E-state index contributed by atoms with van der Waals surface area (Å²) in [5, 5.41) is 0. The van der Waals surface area contributed by atoms with Crippen molar-refractivity contribution in [1.82, 2.24) is 0 Å². The largest absolute Gasteiger partial charge is 0.226 e. The van der Waals surface area contributed by atoms with E-state index < -0.39 is 65.0 Å². The van der Waals surface area contributed by atoms with Gasteiger partial charge >= 0.3 is 0 Å². The van der Waals surface area contributed by atoms with Gasteiger partial charge in [-0.25, -0.2) is 0 Å². The van der Waals surface area contributed by atoms with Crippen molar-refractivity contribution < 1.29 is 0 Å². The smallest absolute Gasteiger partial charge is 0.0946 e. The molecule has 0 aromatic rings. The Morgan fingerprint density at radius 2 is 0.326 bits per heavy atom. The Balaban J connectivity index is 7.57. The third-order valence-electron chi connectivity index (χ3n) is 5.33. The van der Waals surface area contributed by atoms with Gasteiger partial charge in [-0.05, 0) is 0 Å². The van der Waals surface area contributed by atoms with Gasteiger partial charge in [0.2, 0.25) is 8.13 Å². The molecule has 0 aromatic carbocycles. The lowest BCUT2D eigenvalue weighted by Gasteiger charge is -2.58. The van der Waals surface area contributed by atoms with Crippen LogP contribution in [0.5, 0.6) is 0 Å². The average Bonchev–Trinajstić information content (AvgIpc) is 2.81. The van der Waals surface area contributed by atoms with Crippen LogP contribution in [0.25, 0.3) is 0 Å². The van der Waals surface area contributed by atoms with Gasteiger partial charge in [-0.3, -0.25) is 0 Å². The van der Waals surface area contributed by atoms with Crippen molar-refractivity contribution in [2.75, 3.05) is 0 Å². The van der Waals surface area contributed by atoms with Gasteiger partial charge in [0.15, 0.2) is 56.8 Å². The fourth-order valence-electron chi connectivity index (χ4n) is 2.47. The molecule has 0 bridgehead atoms. The molecule has 0 heterocycles. The van der Waals surface area contributed by atoms with E-state index in [-0.39, 0.29) is 0 Å². The van der Waals surface area contributed by atoms with Crippen molar-refractivity contribution in [3.05, 3.63) is 4.84 Å². The molecule has 0 atom stereocenters. The molecule has 1 radical (unpaired) electrons. The molecule has 0 aliphatic rings. The summed E-state index contributed by atoms with van der Waals surface area (Å²) >= 11 is 194. The Morgan fingerprint density at radius 3 is 0.457 bits per heavy atom. The van der Waals surface area contributed by atoms with E-state index in [0.717, 1.165) is 0 Å². The van der Waals surface area contributed by atoms with E-state index in [1.165, 1.54) is 0 Å². The number of hydrogen-bond donors (Lipinski definition) is 0. The predicted molar refractivity (Wildman–Crippen MR) is 223 cm³/mol. The zero-order valence-corrected chi connectivity index (χ0v) is 42.7. The van der Waals surface area contributed by atoms with Gasteiger partial charge in [-0.2, -0.15) is 0 Å². The molecule has 0 N–H and O–H groups in total. The summed E-state index contributed by atoms with van der Waals surface area (Å²) in [5.41, 5.74) is 0. The summed E-state index contributed by atoms with van der Waals surface area (Å²) in [6.45, 7) is 0. The van der Waals surface area contributed by atoms with Crippen molar-refractivity contribution in [1.29, 1.82) is 0 Å². The molecular formula is C15Cl31. The highest BCUT2D eigenvalue weighted by Gasteiger charge is 2.86. The van der Waals surface area contributed by atoms with Crippen LogP contribution in [0.2, 0.25) is 0 Å². The highest BCUT2D eigenvalue weighted by Crippen LogP contribution is 2.77. The molecule has 0 saturated carbocycles. The Hall–Kier alpha value is 8.99. The van der Waals surface area contributed by atoms with Gasteiger partial charge in [-0.1, -0.05) is 360 Å². The summed E-state index contributed by atoms with van der Waals surface area (Å²) in [7, 11) is 0. The van der Waals surface area contributed by atoms with Crippen LogP contribution in [0.3, 0.4) is 0 Å². The Labute approximate surface area is 417 Å². The minimum absolute atomic E-state index is 0.958. The molecule has 0 amide bonds. The summed E-state index contributed by atoms with van der Waals surface area (Å²) < 4.78 is -46.0. The van der Waals surface area contributed by atoms with Gasteiger partial charge < -0.3 is 0 Å². The molecule has 0 fully saturated rings. The quantitative estimate of drug-likeness (QED) is 0.161.